The van der Waals surface area contributed by atoms with Gasteiger partial charge in [0, 0.05) is 5.56 Å². The summed E-state index contributed by atoms with van der Waals surface area (Å²) in [6, 6.07) is 3.85. The van der Waals surface area contributed by atoms with Gasteiger partial charge < -0.3 is 5.73 Å². The second-order valence-electron chi connectivity index (χ2n) is 3.91. The van der Waals surface area contributed by atoms with Crippen molar-refractivity contribution < 1.29 is 18.0 Å². The summed E-state index contributed by atoms with van der Waals surface area (Å²) in [5.74, 6) is -5.56. The van der Waals surface area contributed by atoms with Crippen molar-refractivity contribution in [3.63, 3.8) is 0 Å². The van der Waals surface area contributed by atoms with E-state index < -0.39 is 28.8 Å². The number of rotatable bonds is 2. The van der Waals surface area contributed by atoms with Crippen LogP contribution in [0.4, 0.5) is 18.9 Å². The third-order valence-electron chi connectivity index (χ3n) is 2.62. The molecule has 0 aliphatic heterocycles. The van der Waals surface area contributed by atoms with E-state index in [0.717, 1.165) is 6.07 Å². The van der Waals surface area contributed by atoms with E-state index in [2.05, 4.69) is 0 Å². The van der Waals surface area contributed by atoms with Crippen molar-refractivity contribution in [3.05, 3.63) is 62.9 Å². The Bertz CT molecular complexity index is 696. The summed E-state index contributed by atoms with van der Waals surface area (Å²) in [4.78, 5) is 12.1. The van der Waals surface area contributed by atoms with Gasteiger partial charge in [0.25, 0.3) is 0 Å². The highest BCUT2D eigenvalue weighted by atomic mass is 35.5. The quantitative estimate of drug-likeness (QED) is 0.511. The third kappa shape index (κ3) is 2.46. The topological polar surface area (TPSA) is 43.1 Å². The molecule has 20 heavy (non-hydrogen) atoms. The number of hydrogen-bond acceptors (Lipinski definition) is 2. The SMILES string of the molecule is Nc1c(Cl)cc(C(=O)c2ccc(F)c(F)c2F)cc1Cl. The van der Waals surface area contributed by atoms with Crippen molar-refractivity contribution in [1.29, 1.82) is 0 Å². The summed E-state index contributed by atoms with van der Waals surface area (Å²) in [5, 5.41) is 0.00711. The standard InChI is InChI=1S/C13H6Cl2F3NO/c14-7-3-5(4-8(15)12(7)19)13(20)6-1-2-9(16)11(18)10(6)17/h1-4H,19H2. The van der Waals surface area contributed by atoms with Crippen LogP contribution in [0, 0.1) is 17.5 Å². The van der Waals surface area contributed by atoms with Gasteiger partial charge in [-0.05, 0) is 24.3 Å². The van der Waals surface area contributed by atoms with Crippen molar-refractivity contribution in [2.24, 2.45) is 0 Å². The van der Waals surface area contributed by atoms with Crippen LogP contribution in [0.25, 0.3) is 0 Å². The van der Waals surface area contributed by atoms with E-state index in [1.807, 2.05) is 0 Å². The summed E-state index contributed by atoms with van der Waals surface area (Å²) < 4.78 is 39.5. The molecule has 2 rings (SSSR count). The molecule has 2 aromatic rings. The second-order valence-corrected chi connectivity index (χ2v) is 4.72. The number of halogens is 5. The molecule has 2 nitrogen and oxygen atoms in total. The van der Waals surface area contributed by atoms with Gasteiger partial charge in [-0.3, -0.25) is 4.79 Å². The molecular formula is C13H6Cl2F3NO. The molecule has 104 valence electrons. The molecule has 0 atom stereocenters. The van der Waals surface area contributed by atoms with Gasteiger partial charge in [0.2, 0.25) is 0 Å². The van der Waals surface area contributed by atoms with Crippen LogP contribution < -0.4 is 5.73 Å². The number of carbonyl (C=O) groups excluding carboxylic acids is 1. The minimum absolute atomic E-state index is 0.00356. The molecular weight excluding hydrogens is 314 g/mol. The predicted octanol–water partition coefficient (Wildman–Crippen LogP) is 4.22. The molecule has 0 aromatic heterocycles. The van der Waals surface area contributed by atoms with E-state index in [-0.39, 0.29) is 21.3 Å². The van der Waals surface area contributed by atoms with Crippen molar-refractivity contribution in [3.8, 4) is 0 Å². The molecule has 0 aliphatic rings. The fraction of sp³-hybridized carbons (Fsp3) is 0. The highest BCUT2D eigenvalue weighted by molar-refractivity contribution is 6.39. The van der Waals surface area contributed by atoms with Gasteiger partial charge in [0.15, 0.2) is 23.2 Å². The lowest BCUT2D eigenvalue weighted by Gasteiger charge is -2.07. The number of benzene rings is 2. The Morgan fingerprint density at radius 2 is 1.55 bits per heavy atom. The summed E-state index contributed by atoms with van der Waals surface area (Å²) in [6.07, 6.45) is 0. The first-order valence-corrected chi connectivity index (χ1v) is 6.01. The van der Waals surface area contributed by atoms with Gasteiger partial charge in [0.1, 0.15) is 0 Å². The van der Waals surface area contributed by atoms with E-state index in [4.69, 9.17) is 28.9 Å². The van der Waals surface area contributed by atoms with E-state index in [0.29, 0.717) is 6.07 Å². The minimum Gasteiger partial charge on any atom is -0.396 e. The highest BCUT2D eigenvalue weighted by Crippen LogP contribution is 2.30. The summed E-state index contributed by atoms with van der Waals surface area (Å²) in [5.41, 5.74) is 4.86. The molecule has 0 aliphatic carbocycles. The molecule has 7 heteroatoms. The van der Waals surface area contributed by atoms with Gasteiger partial charge in [0.05, 0.1) is 21.3 Å². The number of nitrogens with two attached hydrogens (primary N) is 1. The maximum Gasteiger partial charge on any atom is 0.196 e. The monoisotopic (exact) mass is 319 g/mol. The molecule has 0 spiro atoms. The van der Waals surface area contributed by atoms with Gasteiger partial charge in [-0.25, -0.2) is 13.2 Å². The Balaban J connectivity index is 2.55. The third-order valence-corrected chi connectivity index (χ3v) is 3.25. The van der Waals surface area contributed by atoms with Crippen molar-refractivity contribution in [1.82, 2.24) is 0 Å². The predicted molar refractivity (Wildman–Crippen MR) is 70.6 cm³/mol. The molecule has 2 aromatic carbocycles. The van der Waals surface area contributed by atoms with Crippen LogP contribution in [0.2, 0.25) is 10.0 Å². The van der Waals surface area contributed by atoms with Crippen LogP contribution in [0.3, 0.4) is 0 Å². The van der Waals surface area contributed by atoms with Crippen LogP contribution in [0.1, 0.15) is 15.9 Å². The first-order chi connectivity index (χ1) is 9.32. The van der Waals surface area contributed by atoms with Gasteiger partial charge in [-0.1, -0.05) is 23.2 Å². The Morgan fingerprint density at radius 3 is 2.10 bits per heavy atom. The normalized spacial score (nSPS) is 10.7. The largest absolute Gasteiger partial charge is 0.396 e. The molecule has 2 N–H and O–H groups in total. The molecule has 0 amide bonds. The van der Waals surface area contributed by atoms with E-state index in [1.54, 1.807) is 0 Å². The zero-order chi connectivity index (χ0) is 15.0. The molecule has 0 saturated heterocycles. The molecule has 0 unspecified atom stereocenters. The van der Waals surface area contributed by atoms with Crippen LogP contribution in [0.5, 0.6) is 0 Å². The Kier molecular flexibility index (Phi) is 3.92. The van der Waals surface area contributed by atoms with Crippen LogP contribution in [-0.4, -0.2) is 5.78 Å². The van der Waals surface area contributed by atoms with Crippen LogP contribution in [-0.2, 0) is 0 Å². The van der Waals surface area contributed by atoms with E-state index in [1.165, 1.54) is 12.1 Å². The lowest BCUT2D eigenvalue weighted by atomic mass is 10.0. The summed E-state index contributed by atoms with van der Waals surface area (Å²) in [6.45, 7) is 0. The summed E-state index contributed by atoms with van der Waals surface area (Å²) in [7, 11) is 0. The number of carbonyl (C=O) groups is 1. The average Bonchev–Trinajstić information content (AvgIpc) is 2.41. The van der Waals surface area contributed by atoms with Gasteiger partial charge in [-0.2, -0.15) is 0 Å². The number of ketones is 1. The molecule has 0 heterocycles. The molecule has 0 fully saturated rings. The smallest absolute Gasteiger partial charge is 0.196 e. The van der Waals surface area contributed by atoms with E-state index in [9.17, 15) is 18.0 Å². The first kappa shape index (κ1) is 14.7. The van der Waals surface area contributed by atoms with Gasteiger partial charge >= 0.3 is 0 Å². The lowest BCUT2D eigenvalue weighted by Crippen LogP contribution is -2.08. The fourth-order valence-corrected chi connectivity index (χ4v) is 2.06. The average molecular weight is 320 g/mol. The van der Waals surface area contributed by atoms with Crippen LogP contribution in [0.15, 0.2) is 24.3 Å². The Hall–Kier alpha value is -1.72. The number of hydrogen-bond donors (Lipinski definition) is 1. The lowest BCUT2D eigenvalue weighted by molar-refractivity contribution is 0.103. The van der Waals surface area contributed by atoms with Crippen molar-refractivity contribution in [2.45, 2.75) is 0 Å². The van der Waals surface area contributed by atoms with Crippen molar-refractivity contribution in [2.75, 3.05) is 5.73 Å². The molecule has 0 radical (unpaired) electrons. The minimum atomic E-state index is -1.72. The maximum absolute atomic E-state index is 13.6. The van der Waals surface area contributed by atoms with E-state index >= 15 is 0 Å². The molecule has 0 bridgehead atoms. The maximum atomic E-state index is 13.6. The van der Waals surface area contributed by atoms with Crippen LogP contribution >= 0.6 is 23.2 Å². The Morgan fingerprint density at radius 1 is 1.00 bits per heavy atom. The molecule has 0 saturated carbocycles. The second kappa shape index (κ2) is 5.34. The van der Waals surface area contributed by atoms with Crippen molar-refractivity contribution >= 4 is 34.7 Å². The van der Waals surface area contributed by atoms with Gasteiger partial charge in [-0.15, -0.1) is 0 Å². The first-order valence-electron chi connectivity index (χ1n) is 5.25. The summed E-state index contributed by atoms with van der Waals surface area (Å²) >= 11 is 11.5. The fourth-order valence-electron chi connectivity index (χ4n) is 1.57. The Labute approximate surface area is 121 Å². The zero-order valence-electron chi connectivity index (χ0n) is 9.68. The number of anilines is 1. The zero-order valence-corrected chi connectivity index (χ0v) is 11.2. The number of nitrogen functional groups attached to an aromatic ring is 1. The highest BCUT2D eigenvalue weighted by Gasteiger charge is 2.21.